The average Bonchev–Trinajstić information content (AvgIpc) is 3.16. The van der Waals surface area contributed by atoms with Crippen LogP contribution in [0.1, 0.15) is 77.8 Å². The molecule has 11 nitrogen and oxygen atoms in total. The zero-order valence-electron chi connectivity index (χ0n) is 31.0. The molecule has 53 heavy (non-hydrogen) atoms. The number of Topliss-reactive ketones (excluding diaryl/α,β-unsaturated/α-hetero) is 1. The molecule has 1 atom stereocenters. The molecule has 2 amide bonds. The van der Waals surface area contributed by atoms with E-state index in [9.17, 15) is 19.2 Å². The highest BCUT2D eigenvalue weighted by atomic mass is 16.5. The number of hydrogen-bond acceptors (Lipinski definition) is 9. The molecule has 0 heterocycles. The molecule has 0 aliphatic rings. The van der Waals surface area contributed by atoms with Gasteiger partial charge in [-0.05, 0) is 104 Å². The Morgan fingerprint density at radius 3 is 1.87 bits per heavy atom. The number of carbonyl (C=O) groups excluding carboxylic acids is 4. The number of hydrogen-bond donors (Lipinski definition) is 2. The molecule has 2 N–H and O–H groups in total. The van der Waals surface area contributed by atoms with E-state index in [1.807, 2.05) is 0 Å². The van der Waals surface area contributed by atoms with Crippen molar-refractivity contribution in [3.05, 3.63) is 107 Å². The van der Waals surface area contributed by atoms with Crippen molar-refractivity contribution in [2.45, 2.75) is 64.8 Å². The van der Waals surface area contributed by atoms with Crippen molar-refractivity contribution < 1.29 is 42.9 Å². The molecule has 0 unspecified atom stereocenters. The second kappa shape index (κ2) is 20.3. The maximum absolute atomic E-state index is 13.1. The first-order chi connectivity index (χ1) is 25.6. The Morgan fingerprint density at radius 1 is 0.679 bits per heavy atom. The number of unbranched alkanes of at least 4 members (excludes halogenated alkanes) is 4. The number of carbonyl (C=O) groups is 4. The lowest BCUT2D eigenvalue weighted by molar-refractivity contribution is -0.119. The molecule has 4 aromatic rings. The van der Waals surface area contributed by atoms with E-state index in [1.54, 1.807) is 84.9 Å². The highest BCUT2D eigenvalue weighted by Gasteiger charge is 2.20. The second-order valence-electron chi connectivity index (χ2n) is 12.5. The van der Waals surface area contributed by atoms with Crippen molar-refractivity contribution in [2.75, 3.05) is 33.3 Å². The van der Waals surface area contributed by atoms with E-state index < -0.39 is 17.9 Å². The zero-order chi connectivity index (χ0) is 38.2. The molecule has 0 fully saturated rings. The number of benzene rings is 4. The Kier molecular flexibility index (Phi) is 15.3. The summed E-state index contributed by atoms with van der Waals surface area (Å²) in [5.74, 6) is 0.951. The van der Waals surface area contributed by atoms with Crippen molar-refractivity contribution in [1.29, 1.82) is 0 Å². The van der Waals surface area contributed by atoms with Gasteiger partial charge in [0.25, 0.3) is 5.91 Å². The van der Waals surface area contributed by atoms with Crippen LogP contribution in [0.3, 0.4) is 0 Å². The lowest BCUT2D eigenvalue weighted by Crippen LogP contribution is -2.41. The quantitative estimate of drug-likeness (QED) is 0.0543. The topological polar surface area (TPSA) is 138 Å². The van der Waals surface area contributed by atoms with Crippen LogP contribution in [0, 0.1) is 0 Å². The van der Waals surface area contributed by atoms with Crippen molar-refractivity contribution in [3.63, 3.8) is 0 Å². The molecule has 0 bridgehead atoms. The lowest BCUT2D eigenvalue weighted by atomic mass is 10.0. The van der Waals surface area contributed by atoms with Crippen LogP contribution in [0.25, 0.3) is 0 Å². The van der Waals surface area contributed by atoms with Gasteiger partial charge in [-0.15, -0.1) is 0 Å². The van der Waals surface area contributed by atoms with Crippen LogP contribution in [0.5, 0.6) is 28.7 Å². The van der Waals surface area contributed by atoms with E-state index in [2.05, 4.69) is 17.6 Å². The SMILES string of the molecule is CCCCCCCOc1ccc(C(=O)Oc2ccc(C[C@H](NC(=O)c3ccc(NC(=O)Cc4cc(OC)c(OC)c(OC)c4)cc3)C(C)=O)cc2)cc1. The molecule has 4 aromatic carbocycles. The molecular formula is C42H48N2O9. The molecule has 280 valence electrons. The molecule has 0 saturated carbocycles. The van der Waals surface area contributed by atoms with E-state index in [4.69, 9.17) is 23.7 Å². The van der Waals surface area contributed by atoms with Crippen LogP contribution in [-0.2, 0) is 22.4 Å². The minimum Gasteiger partial charge on any atom is -0.494 e. The number of ether oxygens (including phenoxy) is 5. The smallest absolute Gasteiger partial charge is 0.343 e. The zero-order valence-corrected chi connectivity index (χ0v) is 31.0. The van der Waals surface area contributed by atoms with Gasteiger partial charge in [0.15, 0.2) is 17.3 Å². The summed E-state index contributed by atoms with van der Waals surface area (Å²) < 4.78 is 27.4. The number of amides is 2. The largest absolute Gasteiger partial charge is 0.494 e. The first-order valence-electron chi connectivity index (χ1n) is 17.7. The fraction of sp³-hybridized carbons (Fsp3) is 0.333. The number of methoxy groups -OCH3 is 3. The predicted octanol–water partition coefficient (Wildman–Crippen LogP) is 7.39. The standard InChI is InChI=1S/C42H48N2O9/c1-6-7-8-9-10-23-52-34-21-15-32(16-22-34)42(48)53-35-19-11-29(12-20-35)24-36(28(2)45)44-41(47)31-13-17-33(18-14-31)43-39(46)27-30-25-37(49-3)40(51-5)38(26-30)50-4/h11-22,25-26,36H,6-10,23-24,27H2,1-5H3,(H,43,46)(H,44,47)/t36-/m0/s1. The Morgan fingerprint density at radius 2 is 1.28 bits per heavy atom. The summed E-state index contributed by atoms with van der Waals surface area (Å²) in [6.45, 7) is 4.24. The summed E-state index contributed by atoms with van der Waals surface area (Å²) in [5, 5.41) is 5.61. The fourth-order valence-corrected chi connectivity index (χ4v) is 5.55. The van der Waals surface area contributed by atoms with Crippen molar-refractivity contribution in [3.8, 4) is 28.7 Å². The van der Waals surface area contributed by atoms with Gasteiger partial charge in [0.1, 0.15) is 11.5 Å². The van der Waals surface area contributed by atoms with Crippen molar-refractivity contribution in [2.24, 2.45) is 0 Å². The van der Waals surface area contributed by atoms with E-state index in [-0.39, 0.29) is 24.5 Å². The molecule has 0 spiro atoms. The van der Waals surface area contributed by atoms with Gasteiger partial charge in [-0.1, -0.05) is 44.7 Å². The van der Waals surface area contributed by atoms with Gasteiger partial charge >= 0.3 is 5.97 Å². The molecular weight excluding hydrogens is 676 g/mol. The normalized spacial score (nSPS) is 11.2. The number of esters is 1. The first kappa shape index (κ1) is 39.9. The summed E-state index contributed by atoms with van der Waals surface area (Å²) in [6, 6.07) is 22.7. The van der Waals surface area contributed by atoms with E-state index in [1.165, 1.54) is 47.5 Å². The maximum Gasteiger partial charge on any atom is 0.343 e. The molecule has 0 aromatic heterocycles. The number of ketones is 1. The highest BCUT2D eigenvalue weighted by molar-refractivity contribution is 5.98. The van der Waals surface area contributed by atoms with E-state index >= 15 is 0 Å². The van der Waals surface area contributed by atoms with Crippen LogP contribution in [0.4, 0.5) is 5.69 Å². The van der Waals surface area contributed by atoms with Crippen molar-refractivity contribution >= 4 is 29.3 Å². The minimum atomic E-state index is -0.786. The van der Waals surface area contributed by atoms with Crippen LogP contribution in [0.2, 0.25) is 0 Å². The number of anilines is 1. The monoisotopic (exact) mass is 724 g/mol. The Balaban J connectivity index is 1.26. The van der Waals surface area contributed by atoms with Gasteiger partial charge in [-0.2, -0.15) is 0 Å². The van der Waals surface area contributed by atoms with Crippen molar-refractivity contribution in [1.82, 2.24) is 5.32 Å². The number of nitrogens with one attached hydrogen (secondary N) is 2. The molecule has 0 saturated heterocycles. The maximum atomic E-state index is 13.1. The predicted molar refractivity (Wildman–Crippen MR) is 203 cm³/mol. The lowest BCUT2D eigenvalue weighted by Gasteiger charge is -2.17. The third kappa shape index (κ3) is 12.1. The average molecular weight is 725 g/mol. The van der Waals surface area contributed by atoms with Gasteiger partial charge in [0, 0.05) is 11.3 Å². The molecule has 11 heteroatoms. The summed E-state index contributed by atoms with van der Waals surface area (Å²) in [6.07, 6.45) is 6.08. The molecule has 0 aliphatic heterocycles. The summed E-state index contributed by atoms with van der Waals surface area (Å²) in [5.41, 5.74) is 2.65. The van der Waals surface area contributed by atoms with Gasteiger partial charge < -0.3 is 34.3 Å². The van der Waals surface area contributed by atoms with Crippen LogP contribution in [-0.4, -0.2) is 57.5 Å². The van der Waals surface area contributed by atoms with Crippen LogP contribution >= 0.6 is 0 Å². The Bertz CT molecular complexity index is 1800. The minimum absolute atomic E-state index is 0.0473. The highest BCUT2D eigenvalue weighted by Crippen LogP contribution is 2.38. The summed E-state index contributed by atoms with van der Waals surface area (Å²) in [7, 11) is 4.51. The first-order valence-corrected chi connectivity index (χ1v) is 17.7. The second-order valence-corrected chi connectivity index (χ2v) is 12.5. The Labute approximate surface area is 310 Å². The molecule has 0 aliphatic carbocycles. The summed E-state index contributed by atoms with van der Waals surface area (Å²) >= 11 is 0. The number of rotatable bonds is 20. The fourth-order valence-electron chi connectivity index (χ4n) is 5.55. The molecule has 4 rings (SSSR count). The van der Waals surface area contributed by atoms with E-state index in [0.29, 0.717) is 57.7 Å². The van der Waals surface area contributed by atoms with Crippen LogP contribution < -0.4 is 34.3 Å². The van der Waals surface area contributed by atoms with Gasteiger partial charge in [0.05, 0.1) is 46.0 Å². The third-order valence-electron chi connectivity index (χ3n) is 8.50. The Hall–Kier alpha value is -5.84. The van der Waals surface area contributed by atoms with Gasteiger partial charge in [0.2, 0.25) is 11.7 Å². The van der Waals surface area contributed by atoms with Gasteiger partial charge in [-0.3, -0.25) is 14.4 Å². The third-order valence-corrected chi connectivity index (χ3v) is 8.50. The summed E-state index contributed by atoms with van der Waals surface area (Å²) in [4.78, 5) is 51.1. The van der Waals surface area contributed by atoms with Crippen LogP contribution in [0.15, 0.2) is 84.9 Å². The van der Waals surface area contributed by atoms with Gasteiger partial charge in [-0.25, -0.2) is 4.79 Å². The van der Waals surface area contributed by atoms with E-state index in [0.717, 1.165) is 18.4 Å². The molecule has 0 radical (unpaired) electrons.